The zero-order valence-corrected chi connectivity index (χ0v) is 14.0. The number of carbonyl (C=O) groups excluding carboxylic acids is 1. The zero-order chi connectivity index (χ0) is 15.5. The van der Waals surface area contributed by atoms with Gasteiger partial charge in [-0.2, -0.15) is 0 Å². The highest BCUT2D eigenvalue weighted by Crippen LogP contribution is 2.39. The number of aliphatic hydroxyl groups excluding tert-OH is 1. The number of amides is 1. The number of thioether (sulfide) groups is 1. The molecule has 3 rings (SSSR count). The number of rotatable bonds is 4. The standard InChI is InChI=1S/C17H19NO2S2/c1-11-4-2-3-5-12(11)14(19)10-18-17(20)16-13-6-8-21-15(13)7-9-22-16/h2-6,8,14,16,19H,7,9-10H2,1H3,(H,18,20). The molecule has 22 heavy (non-hydrogen) atoms. The van der Waals surface area contributed by atoms with Crippen molar-refractivity contribution in [1.29, 1.82) is 0 Å². The van der Waals surface area contributed by atoms with Crippen molar-refractivity contribution in [2.75, 3.05) is 12.3 Å². The molecule has 2 unspecified atom stereocenters. The van der Waals surface area contributed by atoms with Gasteiger partial charge in [-0.25, -0.2) is 0 Å². The third kappa shape index (κ3) is 3.21. The van der Waals surface area contributed by atoms with Gasteiger partial charge in [-0.05, 0) is 47.2 Å². The molecule has 5 heteroatoms. The summed E-state index contributed by atoms with van der Waals surface area (Å²) in [5.41, 5.74) is 3.05. The van der Waals surface area contributed by atoms with Crippen molar-refractivity contribution in [3.05, 3.63) is 57.3 Å². The van der Waals surface area contributed by atoms with Crippen LogP contribution in [0.1, 0.15) is 32.9 Å². The van der Waals surface area contributed by atoms with Crippen LogP contribution in [0.25, 0.3) is 0 Å². The second kappa shape index (κ2) is 6.86. The number of aliphatic hydroxyl groups is 1. The van der Waals surface area contributed by atoms with E-state index in [0.717, 1.165) is 28.9 Å². The van der Waals surface area contributed by atoms with Gasteiger partial charge >= 0.3 is 0 Å². The van der Waals surface area contributed by atoms with Gasteiger partial charge in [0.05, 0.1) is 6.10 Å². The molecule has 2 heterocycles. The van der Waals surface area contributed by atoms with Gasteiger partial charge in [0.15, 0.2) is 0 Å². The predicted molar refractivity (Wildman–Crippen MR) is 92.4 cm³/mol. The van der Waals surface area contributed by atoms with Crippen LogP contribution in [0.3, 0.4) is 0 Å². The lowest BCUT2D eigenvalue weighted by atomic mass is 10.0. The summed E-state index contributed by atoms with van der Waals surface area (Å²) in [5.74, 6) is 0.975. The van der Waals surface area contributed by atoms with Crippen molar-refractivity contribution >= 4 is 29.0 Å². The van der Waals surface area contributed by atoms with E-state index in [2.05, 4.69) is 10.7 Å². The Morgan fingerprint density at radius 2 is 2.23 bits per heavy atom. The van der Waals surface area contributed by atoms with E-state index in [-0.39, 0.29) is 17.7 Å². The van der Waals surface area contributed by atoms with Crippen molar-refractivity contribution in [1.82, 2.24) is 5.32 Å². The summed E-state index contributed by atoms with van der Waals surface area (Å²) >= 11 is 3.41. The molecule has 0 bridgehead atoms. The van der Waals surface area contributed by atoms with Crippen LogP contribution in [0.15, 0.2) is 35.7 Å². The van der Waals surface area contributed by atoms with E-state index in [0.29, 0.717) is 0 Å². The minimum Gasteiger partial charge on any atom is -0.387 e. The van der Waals surface area contributed by atoms with Gasteiger partial charge in [-0.3, -0.25) is 4.79 Å². The second-order valence-corrected chi connectivity index (χ2v) is 7.63. The molecule has 1 aromatic carbocycles. The van der Waals surface area contributed by atoms with Gasteiger partial charge in [0.1, 0.15) is 5.25 Å². The third-order valence-electron chi connectivity index (χ3n) is 3.93. The average Bonchev–Trinajstić information content (AvgIpc) is 3.01. The fraction of sp³-hybridized carbons (Fsp3) is 0.353. The summed E-state index contributed by atoms with van der Waals surface area (Å²) in [4.78, 5) is 13.8. The van der Waals surface area contributed by atoms with E-state index >= 15 is 0 Å². The number of hydrogen-bond donors (Lipinski definition) is 2. The van der Waals surface area contributed by atoms with Crippen LogP contribution in [0.5, 0.6) is 0 Å². The van der Waals surface area contributed by atoms with Gasteiger partial charge in [-0.15, -0.1) is 23.1 Å². The van der Waals surface area contributed by atoms with Crippen LogP contribution in [0.4, 0.5) is 0 Å². The monoisotopic (exact) mass is 333 g/mol. The van der Waals surface area contributed by atoms with Crippen LogP contribution in [-0.2, 0) is 11.2 Å². The van der Waals surface area contributed by atoms with Crippen LogP contribution in [0.2, 0.25) is 0 Å². The number of fused-ring (bicyclic) bond motifs is 1. The van der Waals surface area contributed by atoms with E-state index < -0.39 is 6.10 Å². The summed E-state index contributed by atoms with van der Waals surface area (Å²) in [6, 6.07) is 9.77. The molecule has 3 nitrogen and oxygen atoms in total. The van der Waals surface area contributed by atoms with E-state index in [1.54, 1.807) is 23.1 Å². The molecule has 1 aliphatic rings. The molecule has 0 fully saturated rings. The first-order valence-electron chi connectivity index (χ1n) is 7.36. The number of benzene rings is 1. The van der Waals surface area contributed by atoms with Gasteiger partial charge in [0, 0.05) is 11.4 Å². The van der Waals surface area contributed by atoms with Crippen molar-refractivity contribution in [3.8, 4) is 0 Å². The van der Waals surface area contributed by atoms with E-state index in [1.165, 1.54) is 4.88 Å². The number of aryl methyl sites for hydroxylation is 2. The second-order valence-electron chi connectivity index (χ2n) is 5.42. The van der Waals surface area contributed by atoms with Crippen LogP contribution >= 0.6 is 23.1 Å². The molecule has 1 amide bonds. The van der Waals surface area contributed by atoms with Crippen molar-refractivity contribution in [3.63, 3.8) is 0 Å². The minimum atomic E-state index is -0.666. The Hall–Kier alpha value is -1.30. The summed E-state index contributed by atoms with van der Waals surface area (Å²) in [6.45, 7) is 2.22. The van der Waals surface area contributed by atoms with Gasteiger partial charge in [0.2, 0.25) is 5.91 Å². The smallest absolute Gasteiger partial charge is 0.237 e. The van der Waals surface area contributed by atoms with Crippen molar-refractivity contribution < 1.29 is 9.90 Å². The van der Waals surface area contributed by atoms with Crippen LogP contribution < -0.4 is 5.32 Å². The zero-order valence-electron chi connectivity index (χ0n) is 12.4. The molecular formula is C17H19NO2S2. The summed E-state index contributed by atoms with van der Waals surface area (Å²) in [7, 11) is 0. The third-order valence-corrected chi connectivity index (χ3v) is 6.17. The Bertz CT molecular complexity index is 668. The van der Waals surface area contributed by atoms with E-state index in [9.17, 15) is 9.90 Å². The Labute approximate surface area is 138 Å². The normalized spacial score (nSPS) is 18.5. The number of carbonyl (C=O) groups is 1. The van der Waals surface area contributed by atoms with Crippen LogP contribution in [-0.4, -0.2) is 23.3 Å². The first-order chi connectivity index (χ1) is 10.7. The molecule has 0 saturated carbocycles. The Kier molecular flexibility index (Phi) is 4.86. The molecule has 0 radical (unpaired) electrons. The molecule has 116 valence electrons. The molecule has 2 atom stereocenters. The van der Waals surface area contributed by atoms with Crippen LogP contribution in [0, 0.1) is 6.92 Å². The topological polar surface area (TPSA) is 49.3 Å². The van der Waals surface area contributed by atoms with Crippen molar-refractivity contribution in [2.45, 2.75) is 24.7 Å². The maximum absolute atomic E-state index is 12.4. The first-order valence-corrected chi connectivity index (χ1v) is 9.29. The highest BCUT2D eigenvalue weighted by atomic mass is 32.2. The van der Waals surface area contributed by atoms with Gasteiger partial charge in [0.25, 0.3) is 0 Å². The summed E-state index contributed by atoms with van der Waals surface area (Å²) in [5, 5.41) is 15.1. The summed E-state index contributed by atoms with van der Waals surface area (Å²) in [6.07, 6.45) is 0.383. The quantitative estimate of drug-likeness (QED) is 0.903. The molecule has 0 saturated heterocycles. The van der Waals surface area contributed by atoms with Gasteiger partial charge < -0.3 is 10.4 Å². The van der Waals surface area contributed by atoms with E-state index in [1.807, 2.05) is 37.3 Å². The maximum atomic E-state index is 12.4. The lowest BCUT2D eigenvalue weighted by molar-refractivity contribution is -0.121. The first kappa shape index (κ1) is 15.6. The SMILES string of the molecule is Cc1ccccc1C(O)CNC(=O)C1SCCc2sccc21. The average molecular weight is 333 g/mol. The molecule has 0 spiro atoms. The molecular weight excluding hydrogens is 314 g/mol. The fourth-order valence-corrected chi connectivity index (χ4v) is 5.04. The molecule has 2 aromatic rings. The minimum absolute atomic E-state index is 0.00279. The largest absolute Gasteiger partial charge is 0.387 e. The molecule has 0 aliphatic carbocycles. The van der Waals surface area contributed by atoms with Crippen molar-refractivity contribution in [2.24, 2.45) is 0 Å². The van der Waals surface area contributed by atoms with Gasteiger partial charge in [-0.1, -0.05) is 24.3 Å². The molecule has 1 aromatic heterocycles. The highest BCUT2D eigenvalue weighted by Gasteiger charge is 2.28. The Morgan fingerprint density at radius 3 is 3.05 bits per heavy atom. The summed E-state index contributed by atoms with van der Waals surface area (Å²) < 4.78 is 0. The predicted octanol–water partition coefficient (Wildman–Crippen LogP) is 3.24. The maximum Gasteiger partial charge on any atom is 0.237 e. The van der Waals surface area contributed by atoms with E-state index in [4.69, 9.17) is 0 Å². The molecule has 2 N–H and O–H groups in total. The number of nitrogens with one attached hydrogen (secondary N) is 1. The lowest BCUT2D eigenvalue weighted by Gasteiger charge is -2.22. The lowest BCUT2D eigenvalue weighted by Crippen LogP contribution is -2.33. The molecule has 1 aliphatic heterocycles. The Balaban J connectivity index is 1.63. The fourth-order valence-electron chi connectivity index (χ4n) is 2.72. The number of hydrogen-bond acceptors (Lipinski definition) is 4. The highest BCUT2D eigenvalue weighted by molar-refractivity contribution is 8.00. The Morgan fingerprint density at radius 1 is 1.41 bits per heavy atom. The number of thiophene rings is 1.